The summed E-state index contributed by atoms with van der Waals surface area (Å²) in [6, 6.07) is 1.76. The summed E-state index contributed by atoms with van der Waals surface area (Å²) in [5.41, 5.74) is 2.03. The fourth-order valence-electron chi connectivity index (χ4n) is 2.85. The Labute approximate surface area is 140 Å². The van der Waals surface area contributed by atoms with Crippen LogP contribution in [0.2, 0.25) is 0 Å². The molecule has 0 saturated heterocycles. The van der Waals surface area contributed by atoms with Crippen LogP contribution in [0.1, 0.15) is 42.9 Å². The van der Waals surface area contributed by atoms with Gasteiger partial charge >= 0.3 is 0 Å². The van der Waals surface area contributed by atoms with Crippen molar-refractivity contribution in [2.24, 2.45) is 0 Å². The van der Waals surface area contributed by atoms with Crippen LogP contribution in [-0.4, -0.2) is 50.9 Å². The van der Waals surface area contributed by atoms with Crippen molar-refractivity contribution in [2.75, 3.05) is 19.8 Å². The number of ether oxygens (including phenoxy) is 1. The summed E-state index contributed by atoms with van der Waals surface area (Å²) in [6.45, 7) is 6.48. The van der Waals surface area contributed by atoms with Crippen molar-refractivity contribution < 1.29 is 14.3 Å². The van der Waals surface area contributed by atoms with Gasteiger partial charge in [-0.15, -0.1) is 0 Å². The fraction of sp³-hybridized carbons (Fsp3) is 0.529. The monoisotopic (exact) mass is 330 g/mol. The highest BCUT2D eigenvalue weighted by atomic mass is 16.5. The molecule has 24 heavy (non-hydrogen) atoms. The Balaban J connectivity index is 1.72. The summed E-state index contributed by atoms with van der Waals surface area (Å²) in [7, 11) is 0. The molecule has 0 fully saturated rings. The lowest BCUT2D eigenvalue weighted by molar-refractivity contribution is -0.133. The third kappa shape index (κ3) is 3.31. The Morgan fingerprint density at radius 2 is 2.12 bits per heavy atom. The lowest BCUT2D eigenvalue weighted by Gasteiger charge is -2.27. The van der Waals surface area contributed by atoms with Gasteiger partial charge in [0.25, 0.3) is 0 Å². The maximum Gasteiger partial charge on any atom is 0.225 e. The first-order valence-corrected chi connectivity index (χ1v) is 8.31. The number of amides is 1. The highest BCUT2D eigenvalue weighted by Gasteiger charge is 2.24. The second kappa shape index (κ2) is 7.09. The van der Waals surface area contributed by atoms with E-state index in [1.54, 1.807) is 12.3 Å². The Kier molecular flexibility index (Phi) is 4.89. The molecule has 0 unspecified atom stereocenters. The predicted octanol–water partition coefficient (Wildman–Crippen LogP) is 1.79. The minimum atomic E-state index is -0.0285. The summed E-state index contributed by atoms with van der Waals surface area (Å²) >= 11 is 0. The van der Waals surface area contributed by atoms with Gasteiger partial charge < -0.3 is 14.2 Å². The number of Topliss-reactive ketones (excluding diaryl/α,β-unsaturated/α-hetero) is 1. The van der Waals surface area contributed by atoms with Gasteiger partial charge in [-0.25, -0.2) is 9.97 Å². The van der Waals surface area contributed by atoms with Gasteiger partial charge in [0.15, 0.2) is 11.4 Å². The van der Waals surface area contributed by atoms with E-state index in [1.165, 1.54) is 6.92 Å². The van der Waals surface area contributed by atoms with Crippen molar-refractivity contribution in [1.82, 2.24) is 19.4 Å². The molecule has 1 aliphatic rings. The van der Waals surface area contributed by atoms with E-state index in [4.69, 9.17) is 4.74 Å². The van der Waals surface area contributed by atoms with Crippen LogP contribution in [0.4, 0.5) is 0 Å². The minimum Gasteiger partial charge on any atom is -0.381 e. The maximum absolute atomic E-state index is 12.3. The zero-order valence-corrected chi connectivity index (χ0v) is 14.1. The van der Waals surface area contributed by atoms with Crippen molar-refractivity contribution in [2.45, 2.75) is 39.8 Å². The van der Waals surface area contributed by atoms with Gasteiger partial charge in [-0.3, -0.25) is 9.59 Å². The number of imidazole rings is 1. The zero-order chi connectivity index (χ0) is 17.1. The first-order valence-electron chi connectivity index (χ1n) is 8.31. The van der Waals surface area contributed by atoms with Crippen LogP contribution in [0.3, 0.4) is 0 Å². The lowest BCUT2D eigenvalue weighted by Crippen LogP contribution is -2.38. The molecule has 128 valence electrons. The Morgan fingerprint density at radius 1 is 1.29 bits per heavy atom. The highest BCUT2D eigenvalue weighted by molar-refractivity contribution is 5.96. The molecule has 0 radical (unpaired) electrons. The van der Waals surface area contributed by atoms with Crippen molar-refractivity contribution >= 4 is 22.9 Å². The molecule has 3 rings (SSSR count). The normalized spacial score (nSPS) is 14.0. The average Bonchev–Trinajstić information content (AvgIpc) is 2.95. The molecule has 1 aliphatic heterocycles. The number of fused-ring (bicyclic) bond motifs is 3. The van der Waals surface area contributed by atoms with Gasteiger partial charge in [0, 0.05) is 31.5 Å². The molecule has 2 aromatic rings. The molecule has 7 nitrogen and oxygen atoms in total. The van der Waals surface area contributed by atoms with E-state index in [0.29, 0.717) is 50.3 Å². The molecule has 0 saturated carbocycles. The second-order valence-corrected chi connectivity index (χ2v) is 5.98. The Hall–Kier alpha value is -2.28. The summed E-state index contributed by atoms with van der Waals surface area (Å²) in [5.74, 6) is 0.869. The Morgan fingerprint density at radius 3 is 2.88 bits per heavy atom. The number of hydrogen-bond acceptors (Lipinski definition) is 5. The van der Waals surface area contributed by atoms with Crippen LogP contribution >= 0.6 is 0 Å². The van der Waals surface area contributed by atoms with Crippen molar-refractivity contribution in [3.63, 3.8) is 0 Å². The Bertz CT molecular complexity index is 769. The van der Waals surface area contributed by atoms with Crippen molar-refractivity contribution in [3.8, 4) is 0 Å². The molecule has 2 aromatic heterocycles. The lowest BCUT2D eigenvalue weighted by atomic mass is 10.2. The molecule has 0 atom stereocenters. The predicted molar refractivity (Wildman–Crippen MR) is 88.7 cm³/mol. The number of rotatable bonds is 6. The van der Waals surface area contributed by atoms with Crippen LogP contribution in [0.25, 0.3) is 11.2 Å². The van der Waals surface area contributed by atoms with Crippen LogP contribution in [0, 0.1) is 0 Å². The van der Waals surface area contributed by atoms with E-state index in [2.05, 4.69) is 9.97 Å². The topological polar surface area (TPSA) is 77.3 Å². The molecule has 1 amide bonds. The van der Waals surface area contributed by atoms with E-state index in [-0.39, 0.29) is 11.7 Å². The minimum absolute atomic E-state index is 0.0285. The molecule has 0 bridgehead atoms. The van der Waals surface area contributed by atoms with Gasteiger partial charge in [-0.1, -0.05) is 6.92 Å². The SMILES string of the molecule is CCCOCCC(=O)N1CCn2c(nc3cc(C(C)=O)cnc32)C1. The summed E-state index contributed by atoms with van der Waals surface area (Å²) in [4.78, 5) is 34.5. The molecule has 7 heteroatoms. The van der Waals surface area contributed by atoms with E-state index >= 15 is 0 Å². The van der Waals surface area contributed by atoms with Gasteiger partial charge in [-0.2, -0.15) is 0 Å². The molecular weight excluding hydrogens is 308 g/mol. The maximum atomic E-state index is 12.3. The van der Waals surface area contributed by atoms with Crippen molar-refractivity contribution in [1.29, 1.82) is 0 Å². The molecule has 0 aromatic carbocycles. The molecule has 0 N–H and O–H groups in total. The average molecular weight is 330 g/mol. The third-order valence-corrected chi connectivity index (χ3v) is 4.16. The van der Waals surface area contributed by atoms with Crippen LogP contribution in [0.5, 0.6) is 0 Å². The number of carbonyl (C=O) groups is 2. The number of carbonyl (C=O) groups excluding carboxylic acids is 2. The van der Waals surface area contributed by atoms with Crippen LogP contribution in [0.15, 0.2) is 12.3 Å². The van der Waals surface area contributed by atoms with Gasteiger partial charge in [0.1, 0.15) is 11.3 Å². The molecule has 0 aliphatic carbocycles. The first-order chi connectivity index (χ1) is 11.6. The van der Waals surface area contributed by atoms with E-state index in [0.717, 1.165) is 17.9 Å². The second-order valence-electron chi connectivity index (χ2n) is 5.98. The number of ketones is 1. The van der Waals surface area contributed by atoms with Crippen LogP contribution in [-0.2, 0) is 22.6 Å². The number of hydrogen-bond donors (Lipinski definition) is 0. The highest BCUT2D eigenvalue weighted by Crippen LogP contribution is 2.20. The largest absolute Gasteiger partial charge is 0.381 e. The van der Waals surface area contributed by atoms with E-state index in [9.17, 15) is 9.59 Å². The van der Waals surface area contributed by atoms with Crippen LogP contribution < -0.4 is 0 Å². The third-order valence-electron chi connectivity index (χ3n) is 4.16. The number of nitrogens with zero attached hydrogens (tertiary/aromatic N) is 4. The molecular formula is C17H22N4O3. The number of pyridine rings is 1. The standard InChI is InChI=1S/C17H22N4O3/c1-3-7-24-8-4-16(23)20-5-6-21-15(11-20)19-14-9-13(12(2)22)10-18-17(14)21/h9-10H,3-8,11H2,1-2H3. The van der Waals surface area contributed by atoms with E-state index in [1.807, 2.05) is 16.4 Å². The smallest absolute Gasteiger partial charge is 0.225 e. The van der Waals surface area contributed by atoms with Crippen molar-refractivity contribution in [3.05, 3.63) is 23.7 Å². The molecule has 3 heterocycles. The van der Waals surface area contributed by atoms with Gasteiger partial charge in [0.05, 0.1) is 19.6 Å². The first kappa shape index (κ1) is 16.6. The van der Waals surface area contributed by atoms with E-state index < -0.39 is 0 Å². The zero-order valence-electron chi connectivity index (χ0n) is 14.1. The number of aromatic nitrogens is 3. The van der Waals surface area contributed by atoms with Gasteiger partial charge in [-0.05, 0) is 19.4 Å². The fourth-order valence-corrected chi connectivity index (χ4v) is 2.85. The molecule has 0 spiro atoms. The quantitative estimate of drug-likeness (QED) is 0.596. The summed E-state index contributed by atoms with van der Waals surface area (Å²) in [6.07, 6.45) is 2.94. The summed E-state index contributed by atoms with van der Waals surface area (Å²) in [5, 5.41) is 0. The summed E-state index contributed by atoms with van der Waals surface area (Å²) < 4.78 is 7.41. The van der Waals surface area contributed by atoms with Gasteiger partial charge in [0.2, 0.25) is 5.91 Å².